The first-order valence-corrected chi connectivity index (χ1v) is 6.63. The summed E-state index contributed by atoms with van der Waals surface area (Å²) in [6.07, 6.45) is 1.62. The van der Waals surface area contributed by atoms with Gasteiger partial charge in [-0.3, -0.25) is 4.79 Å². The zero-order valence-electron chi connectivity index (χ0n) is 11.2. The van der Waals surface area contributed by atoms with Crippen LogP contribution in [0.15, 0.2) is 22.8 Å². The van der Waals surface area contributed by atoms with E-state index in [-0.39, 0.29) is 11.9 Å². The van der Waals surface area contributed by atoms with E-state index < -0.39 is 0 Å². The minimum atomic E-state index is 0.0214. The van der Waals surface area contributed by atoms with Crippen LogP contribution in [0.4, 0.5) is 0 Å². The normalized spacial score (nSPS) is 25.7. The molecule has 1 aliphatic heterocycles. The Kier molecular flexibility index (Phi) is 4.38. The van der Waals surface area contributed by atoms with E-state index in [9.17, 15) is 4.79 Å². The molecule has 5 heteroatoms. The number of hydrogen-bond acceptors (Lipinski definition) is 2. The third kappa shape index (κ3) is 3.34. The Morgan fingerprint density at radius 2 is 2.17 bits per heavy atom. The fourth-order valence-corrected chi connectivity index (χ4v) is 2.36. The maximum Gasteiger partial charge on any atom is 0.278 e. The number of piperazine rings is 1. The summed E-state index contributed by atoms with van der Waals surface area (Å²) in [6.45, 7) is 6.92. The van der Waals surface area contributed by atoms with Crippen molar-refractivity contribution in [3.05, 3.63) is 24.2 Å². The van der Waals surface area contributed by atoms with Gasteiger partial charge in [0.2, 0.25) is 0 Å². The lowest BCUT2D eigenvalue weighted by Crippen LogP contribution is -3.29. The summed E-state index contributed by atoms with van der Waals surface area (Å²) in [5, 5.41) is 2.93. The number of carbonyl (C=O) groups is 1. The van der Waals surface area contributed by atoms with Crippen molar-refractivity contribution in [2.24, 2.45) is 0 Å². The highest BCUT2D eigenvalue weighted by Gasteiger charge is 2.29. The van der Waals surface area contributed by atoms with Gasteiger partial charge in [-0.1, -0.05) is 0 Å². The molecule has 3 N–H and O–H groups in total. The van der Waals surface area contributed by atoms with Gasteiger partial charge < -0.3 is 19.5 Å². The van der Waals surface area contributed by atoms with Crippen molar-refractivity contribution >= 4 is 5.91 Å². The fraction of sp³-hybridized carbons (Fsp3) is 0.615. The summed E-state index contributed by atoms with van der Waals surface area (Å²) < 4.78 is 5.20. The molecule has 0 spiro atoms. The number of furan rings is 1. The molecule has 2 rings (SSSR count). The van der Waals surface area contributed by atoms with E-state index >= 15 is 0 Å². The summed E-state index contributed by atoms with van der Waals surface area (Å²) in [5.41, 5.74) is 0. The molecule has 100 valence electrons. The van der Waals surface area contributed by atoms with Crippen molar-refractivity contribution in [2.45, 2.75) is 19.5 Å². The smallest absolute Gasteiger partial charge is 0.278 e. The standard InChI is InChI=1S/C13H21N3O2/c1-11(16-7-5-15(2)6-8-16)13(17)14-10-12-4-3-9-18-12/h3-4,9,11H,5-8,10H2,1-2H3,(H,14,17)/p+2/t11-/m1/s1. The van der Waals surface area contributed by atoms with E-state index in [1.54, 1.807) is 11.2 Å². The zero-order chi connectivity index (χ0) is 13.0. The lowest BCUT2D eigenvalue weighted by molar-refractivity contribution is -1.01. The van der Waals surface area contributed by atoms with Crippen LogP contribution in [0.25, 0.3) is 0 Å². The Hall–Kier alpha value is -1.33. The van der Waals surface area contributed by atoms with Crippen molar-refractivity contribution in [1.82, 2.24) is 5.32 Å². The fourth-order valence-electron chi connectivity index (χ4n) is 2.36. The molecule has 1 atom stereocenters. The van der Waals surface area contributed by atoms with Gasteiger partial charge in [-0.25, -0.2) is 0 Å². The third-order valence-corrected chi connectivity index (χ3v) is 3.77. The maximum absolute atomic E-state index is 12.0. The summed E-state index contributed by atoms with van der Waals surface area (Å²) >= 11 is 0. The first-order valence-electron chi connectivity index (χ1n) is 6.63. The molecule has 0 aromatic carbocycles. The molecule has 0 unspecified atom stereocenters. The Balaban J connectivity index is 1.77. The molecular formula is C13H23N3O2+2. The quantitative estimate of drug-likeness (QED) is 0.565. The van der Waals surface area contributed by atoms with Crippen LogP contribution < -0.4 is 15.1 Å². The van der Waals surface area contributed by atoms with Crippen LogP contribution in [0.3, 0.4) is 0 Å². The van der Waals surface area contributed by atoms with Crippen molar-refractivity contribution in [2.75, 3.05) is 33.2 Å². The maximum atomic E-state index is 12.0. The molecule has 0 radical (unpaired) electrons. The molecule has 0 aliphatic carbocycles. The second-order valence-electron chi connectivity index (χ2n) is 5.13. The Morgan fingerprint density at radius 3 is 2.78 bits per heavy atom. The molecule has 2 heterocycles. The minimum Gasteiger partial charge on any atom is -0.467 e. The highest BCUT2D eigenvalue weighted by atomic mass is 16.3. The number of quaternary nitrogens is 2. The average Bonchev–Trinajstić information content (AvgIpc) is 2.89. The molecule has 1 saturated heterocycles. The summed E-state index contributed by atoms with van der Waals surface area (Å²) in [5.74, 6) is 0.911. The molecule has 18 heavy (non-hydrogen) atoms. The van der Waals surface area contributed by atoms with Crippen LogP contribution in [0.2, 0.25) is 0 Å². The van der Waals surface area contributed by atoms with Crippen molar-refractivity contribution in [3.8, 4) is 0 Å². The van der Waals surface area contributed by atoms with Gasteiger partial charge in [0.25, 0.3) is 5.91 Å². The summed E-state index contributed by atoms with van der Waals surface area (Å²) in [6, 6.07) is 3.73. The van der Waals surface area contributed by atoms with Gasteiger partial charge in [-0.15, -0.1) is 0 Å². The largest absolute Gasteiger partial charge is 0.467 e. The van der Waals surface area contributed by atoms with E-state index in [1.165, 1.54) is 4.90 Å². The molecule has 1 aromatic rings. The number of likely N-dealkylation sites (N-methyl/N-ethyl adjacent to an activating group) is 1. The van der Waals surface area contributed by atoms with Gasteiger partial charge in [-0.05, 0) is 19.1 Å². The van der Waals surface area contributed by atoms with Gasteiger partial charge in [0.15, 0.2) is 6.04 Å². The molecule has 1 amide bonds. The lowest BCUT2D eigenvalue weighted by Gasteiger charge is -2.30. The van der Waals surface area contributed by atoms with E-state index in [1.807, 2.05) is 19.1 Å². The van der Waals surface area contributed by atoms with Crippen LogP contribution in [-0.4, -0.2) is 45.2 Å². The first kappa shape index (κ1) is 13.1. The minimum absolute atomic E-state index is 0.0214. The molecule has 5 nitrogen and oxygen atoms in total. The highest BCUT2D eigenvalue weighted by molar-refractivity contribution is 5.79. The predicted molar refractivity (Wildman–Crippen MR) is 67.3 cm³/mol. The number of rotatable bonds is 4. The number of hydrogen-bond donors (Lipinski definition) is 3. The molecule has 1 aromatic heterocycles. The molecule has 1 aliphatic rings. The lowest BCUT2D eigenvalue weighted by atomic mass is 10.2. The van der Waals surface area contributed by atoms with Crippen LogP contribution in [0.1, 0.15) is 12.7 Å². The van der Waals surface area contributed by atoms with Gasteiger partial charge >= 0.3 is 0 Å². The monoisotopic (exact) mass is 253 g/mol. The SMILES string of the molecule is C[C@H](C(=O)NCc1ccco1)[NH+]1CC[NH+](C)CC1. The van der Waals surface area contributed by atoms with Gasteiger partial charge in [0.1, 0.15) is 31.9 Å². The van der Waals surface area contributed by atoms with E-state index in [4.69, 9.17) is 4.42 Å². The van der Waals surface area contributed by atoms with Gasteiger partial charge in [0.05, 0.1) is 19.9 Å². The molecule has 0 bridgehead atoms. The van der Waals surface area contributed by atoms with E-state index in [0.29, 0.717) is 6.54 Å². The van der Waals surface area contributed by atoms with Crippen molar-refractivity contribution < 1.29 is 19.0 Å². The first-order chi connectivity index (χ1) is 8.66. The van der Waals surface area contributed by atoms with Crippen LogP contribution in [0.5, 0.6) is 0 Å². The van der Waals surface area contributed by atoms with Crippen LogP contribution in [-0.2, 0) is 11.3 Å². The van der Waals surface area contributed by atoms with Crippen LogP contribution in [0, 0.1) is 0 Å². The van der Waals surface area contributed by atoms with Gasteiger partial charge in [-0.2, -0.15) is 0 Å². The number of nitrogens with one attached hydrogen (secondary N) is 3. The third-order valence-electron chi connectivity index (χ3n) is 3.77. The second kappa shape index (κ2) is 6.02. The average molecular weight is 253 g/mol. The van der Waals surface area contributed by atoms with Crippen molar-refractivity contribution in [1.29, 1.82) is 0 Å². The van der Waals surface area contributed by atoms with Gasteiger partial charge in [0, 0.05) is 0 Å². The summed E-state index contributed by atoms with van der Waals surface area (Å²) in [7, 11) is 2.21. The van der Waals surface area contributed by atoms with E-state index in [0.717, 1.165) is 31.9 Å². The number of carbonyl (C=O) groups excluding carboxylic acids is 1. The Labute approximate surface area is 108 Å². The highest BCUT2D eigenvalue weighted by Crippen LogP contribution is 1.98. The molecular weight excluding hydrogens is 230 g/mol. The predicted octanol–water partition coefficient (Wildman–Crippen LogP) is -2.30. The van der Waals surface area contributed by atoms with Crippen LogP contribution >= 0.6 is 0 Å². The van der Waals surface area contributed by atoms with Crippen molar-refractivity contribution in [3.63, 3.8) is 0 Å². The topological polar surface area (TPSA) is 51.1 Å². The second-order valence-corrected chi connectivity index (χ2v) is 5.13. The molecule has 0 saturated carbocycles. The number of amides is 1. The Morgan fingerprint density at radius 1 is 1.44 bits per heavy atom. The molecule has 1 fully saturated rings. The Bertz CT molecular complexity index is 370. The summed E-state index contributed by atoms with van der Waals surface area (Å²) in [4.78, 5) is 15.0. The zero-order valence-corrected chi connectivity index (χ0v) is 11.2. The van der Waals surface area contributed by atoms with E-state index in [2.05, 4.69) is 12.4 Å².